The number of hydrogen-bond donors (Lipinski definition) is 1. The molecule has 1 aromatic heterocycles. The molecule has 1 N–H and O–H groups in total. The van der Waals surface area contributed by atoms with Gasteiger partial charge in [0.2, 0.25) is 5.95 Å². The van der Waals surface area contributed by atoms with Gasteiger partial charge in [0.15, 0.2) is 0 Å². The summed E-state index contributed by atoms with van der Waals surface area (Å²) in [5.41, 5.74) is 1.82. The first-order valence-corrected chi connectivity index (χ1v) is 8.49. The predicted octanol–water partition coefficient (Wildman–Crippen LogP) is 2.29. The normalized spacial score (nSPS) is 14.8. The van der Waals surface area contributed by atoms with Crippen molar-refractivity contribution in [1.29, 1.82) is 0 Å². The van der Waals surface area contributed by atoms with E-state index in [9.17, 15) is 4.79 Å². The van der Waals surface area contributed by atoms with Gasteiger partial charge in [-0.15, -0.1) is 0 Å². The zero-order chi connectivity index (χ0) is 17.6. The molecule has 2 amide bonds. The van der Waals surface area contributed by atoms with Crippen molar-refractivity contribution in [1.82, 2.24) is 14.9 Å². The van der Waals surface area contributed by atoms with Gasteiger partial charge in [0.05, 0.1) is 18.1 Å². The molecule has 1 aromatic carbocycles. The molecule has 1 aliphatic heterocycles. The third-order valence-electron chi connectivity index (χ3n) is 4.19. The highest BCUT2D eigenvalue weighted by atomic mass is 16.2. The molecule has 0 aliphatic carbocycles. The summed E-state index contributed by atoms with van der Waals surface area (Å²) >= 11 is 0. The van der Waals surface area contributed by atoms with Gasteiger partial charge in [-0.05, 0) is 18.6 Å². The summed E-state index contributed by atoms with van der Waals surface area (Å²) < 4.78 is 0. The first-order chi connectivity index (χ1) is 12.1. The molecule has 1 fully saturated rings. The number of aromatic nitrogens is 2. The van der Waals surface area contributed by atoms with Crippen molar-refractivity contribution >= 4 is 23.4 Å². The maximum Gasteiger partial charge on any atom is 0.321 e. The second kappa shape index (κ2) is 7.83. The average molecular weight is 340 g/mol. The van der Waals surface area contributed by atoms with E-state index >= 15 is 0 Å². The van der Waals surface area contributed by atoms with E-state index in [1.165, 1.54) is 5.69 Å². The van der Waals surface area contributed by atoms with Gasteiger partial charge in [-0.2, -0.15) is 0 Å². The standard InChI is InChI=1S/C18H24N6O/c1-22(2)17-19-13-15(14-20-17)21-18(25)24-10-6-9-23(11-12-24)16-7-4-3-5-8-16/h3-5,7-8,13-14H,6,9-12H2,1-2H3,(H,21,25). The van der Waals surface area contributed by atoms with Crippen LogP contribution in [0, 0.1) is 0 Å². The van der Waals surface area contributed by atoms with Gasteiger partial charge < -0.3 is 20.0 Å². The first kappa shape index (κ1) is 17.0. The van der Waals surface area contributed by atoms with Gasteiger partial charge in [0.25, 0.3) is 0 Å². The Balaban J connectivity index is 1.57. The molecule has 1 aliphatic rings. The fourth-order valence-electron chi connectivity index (χ4n) is 2.84. The Morgan fingerprint density at radius 1 is 1.04 bits per heavy atom. The van der Waals surface area contributed by atoms with Gasteiger partial charge in [0.1, 0.15) is 0 Å². The lowest BCUT2D eigenvalue weighted by molar-refractivity contribution is 0.215. The summed E-state index contributed by atoms with van der Waals surface area (Å²) in [5, 5.41) is 2.89. The highest BCUT2D eigenvalue weighted by molar-refractivity contribution is 5.89. The van der Waals surface area contributed by atoms with Gasteiger partial charge in [0, 0.05) is 46.0 Å². The zero-order valence-electron chi connectivity index (χ0n) is 14.7. The molecular formula is C18H24N6O. The summed E-state index contributed by atoms with van der Waals surface area (Å²) in [6.45, 7) is 3.21. The fourth-order valence-corrected chi connectivity index (χ4v) is 2.84. The Bertz CT molecular complexity index is 688. The summed E-state index contributed by atoms with van der Waals surface area (Å²) in [5.74, 6) is 0.617. The van der Waals surface area contributed by atoms with Crippen LogP contribution in [0.25, 0.3) is 0 Å². The largest absolute Gasteiger partial charge is 0.370 e. The van der Waals surface area contributed by atoms with Crippen molar-refractivity contribution in [3.8, 4) is 0 Å². The third kappa shape index (κ3) is 4.37. The molecule has 0 unspecified atom stereocenters. The smallest absolute Gasteiger partial charge is 0.321 e. The monoisotopic (exact) mass is 340 g/mol. The number of urea groups is 1. The van der Waals surface area contributed by atoms with E-state index in [0.29, 0.717) is 18.2 Å². The Morgan fingerprint density at radius 2 is 1.76 bits per heavy atom. The summed E-state index contributed by atoms with van der Waals surface area (Å²) in [6, 6.07) is 10.2. The maximum absolute atomic E-state index is 12.5. The minimum Gasteiger partial charge on any atom is -0.370 e. The molecule has 3 rings (SSSR count). The number of carbonyl (C=O) groups is 1. The Kier molecular flexibility index (Phi) is 5.33. The third-order valence-corrected chi connectivity index (χ3v) is 4.19. The summed E-state index contributed by atoms with van der Waals surface area (Å²) in [4.78, 5) is 26.9. The van der Waals surface area contributed by atoms with E-state index in [1.807, 2.05) is 42.1 Å². The number of hydrogen-bond acceptors (Lipinski definition) is 5. The highest BCUT2D eigenvalue weighted by Gasteiger charge is 2.19. The topological polar surface area (TPSA) is 64.6 Å². The fraction of sp³-hybridized carbons (Fsp3) is 0.389. The zero-order valence-corrected chi connectivity index (χ0v) is 14.7. The molecule has 7 nitrogen and oxygen atoms in total. The molecule has 2 heterocycles. The van der Waals surface area contributed by atoms with E-state index in [-0.39, 0.29) is 6.03 Å². The van der Waals surface area contributed by atoms with Crippen molar-refractivity contribution in [2.24, 2.45) is 0 Å². The molecule has 0 radical (unpaired) electrons. The minimum absolute atomic E-state index is 0.101. The van der Waals surface area contributed by atoms with Crippen molar-refractivity contribution < 1.29 is 4.79 Å². The molecule has 0 saturated carbocycles. The van der Waals surface area contributed by atoms with Crippen LogP contribution in [-0.4, -0.2) is 61.2 Å². The lowest BCUT2D eigenvalue weighted by atomic mass is 10.3. The Labute approximate surface area is 148 Å². The number of benzene rings is 1. The molecule has 0 spiro atoms. The van der Waals surface area contributed by atoms with Gasteiger partial charge in [-0.25, -0.2) is 14.8 Å². The number of anilines is 3. The Morgan fingerprint density at radius 3 is 2.44 bits per heavy atom. The SMILES string of the molecule is CN(C)c1ncc(NC(=O)N2CCCN(c3ccccc3)CC2)cn1. The summed E-state index contributed by atoms with van der Waals surface area (Å²) in [7, 11) is 3.76. The van der Waals surface area contributed by atoms with Crippen LogP contribution in [0.5, 0.6) is 0 Å². The van der Waals surface area contributed by atoms with Crippen LogP contribution >= 0.6 is 0 Å². The van der Waals surface area contributed by atoms with E-state index in [4.69, 9.17) is 0 Å². The number of nitrogens with zero attached hydrogens (tertiary/aromatic N) is 5. The molecule has 25 heavy (non-hydrogen) atoms. The number of rotatable bonds is 3. The molecule has 1 saturated heterocycles. The number of nitrogens with one attached hydrogen (secondary N) is 1. The quantitative estimate of drug-likeness (QED) is 0.929. The van der Waals surface area contributed by atoms with E-state index in [1.54, 1.807) is 12.4 Å². The molecule has 7 heteroatoms. The molecule has 0 atom stereocenters. The highest BCUT2D eigenvalue weighted by Crippen LogP contribution is 2.16. The molecular weight excluding hydrogens is 316 g/mol. The number of para-hydroxylation sites is 1. The molecule has 0 bridgehead atoms. The van der Waals surface area contributed by atoms with E-state index < -0.39 is 0 Å². The lowest BCUT2D eigenvalue weighted by Crippen LogP contribution is -2.38. The van der Waals surface area contributed by atoms with Crippen LogP contribution in [0.1, 0.15) is 6.42 Å². The van der Waals surface area contributed by atoms with Crippen LogP contribution in [0.3, 0.4) is 0 Å². The Hall–Kier alpha value is -2.83. The number of carbonyl (C=O) groups excluding carboxylic acids is 1. The van der Waals surface area contributed by atoms with Gasteiger partial charge in [-0.3, -0.25) is 0 Å². The van der Waals surface area contributed by atoms with Gasteiger partial charge in [-0.1, -0.05) is 18.2 Å². The van der Waals surface area contributed by atoms with Crippen LogP contribution in [0.15, 0.2) is 42.7 Å². The second-order valence-electron chi connectivity index (χ2n) is 6.26. The van der Waals surface area contributed by atoms with Crippen molar-refractivity contribution in [2.75, 3.05) is 55.4 Å². The average Bonchev–Trinajstić information content (AvgIpc) is 2.89. The van der Waals surface area contributed by atoms with E-state index in [2.05, 4.69) is 32.3 Å². The maximum atomic E-state index is 12.5. The van der Waals surface area contributed by atoms with Crippen LogP contribution in [0.4, 0.5) is 22.1 Å². The lowest BCUT2D eigenvalue weighted by Gasteiger charge is -2.23. The summed E-state index contributed by atoms with van der Waals surface area (Å²) in [6.07, 6.45) is 4.21. The van der Waals surface area contributed by atoms with E-state index in [0.717, 1.165) is 26.1 Å². The van der Waals surface area contributed by atoms with Crippen molar-refractivity contribution in [3.05, 3.63) is 42.7 Å². The minimum atomic E-state index is -0.101. The molecule has 2 aromatic rings. The van der Waals surface area contributed by atoms with Crippen LogP contribution < -0.4 is 15.1 Å². The van der Waals surface area contributed by atoms with Gasteiger partial charge >= 0.3 is 6.03 Å². The first-order valence-electron chi connectivity index (χ1n) is 8.49. The second-order valence-corrected chi connectivity index (χ2v) is 6.26. The number of amides is 2. The molecule has 132 valence electrons. The predicted molar refractivity (Wildman–Crippen MR) is 100 cm³/mol. The van der Waals surface area contributed by atoms with Crippen molar-refractivity contribution in [3.63, 3.8) is 0 Å². The van der Waals surface area contributed by atoms with Crippen LogP contribution in [-0.2, 0) is 0 Å². The van der Waals surface area contributed by atoms with Crippen LogP contribution in [0.2, 0.25) is 0 Å². The van der Waals surface area contributed by atoms with Crippen molar-refractivity contribution in [2.45, 2.75) is 6.42 Å².